The summed E-state index contributed by atoms with van der Waals surface area (Å²) in [5.74, 6) is 0.608. The van der Waals surface area contributed by atoms with E-state index in [4.69, 9.17) is 21.1 Å². The van der Waals surface area contributed by atoms with Crippen LogP contribution >= 0.6 is 27.5 Å². The number of methoxy groups -OCH3 is 1. The van der Waals surface area contributed by atoms with Crippen LogP contribution in [0.4, 0.5) is 0 Å². The fourth-order valence-electron chi connectivity index (χ4n) is 3.07. The molecule has 2 amide bonds. The van der Waals surface area contributed by atoms with E-state index in [9.17, 15) is 9.59 Å². The van der Waals surface area contributed by atoms with Gasteiger partial charge in [-0.1, -0.05) is 53.5 Å². The highest BCUT2D eigenvalue weighted by Gasteiger charge is 2.29. The Morgan fingerprint density at radius 2 is 1.97 bits per heavy atom. The zero-order valence-electron chi connectivity index (χ0n) is 18.0. The van der Waals surface area contributed by atoms with Crippen molar-refractivity contribution >= 4 is 39.3 Å². The summed E-state index contributed by atoms with van der Waals surface area (Å²) in [5.41, 5.74) is 0.858. The Kier molecular flexibility index (Phi) is 10.1. The monoisotopic (exact) mass is 510 g/mol. The van der Waals surface area contributed by atoms with Gasteiger partial charge < -0.3 is 19.7 Å². The zero-order valence-corrected chi connectivity index (χ0v) is 20.3. The number of rotatable bonds is 11. The molecule has 2 aromatic carbocycles. The molecule has 0 aliphatic rings. The lowest BCUT2D eigenvalue weighted by Gasteiger charge is -2.30. The smallest absolute Gasteiger partial charge is 0.261 e. The third kappa shape index (κ3) is 7.43. The summed E-state index contributed by atoms with van der Waals surface area (Å²) < 4.78 is 11.8. The molecule has 1 N–H and O–H groups in total. The van der Waals surface area contributed by atoms with Gasteiger partial charge in [-0.2, -0.15) is 0 Å². The minimum absolute atomic E-state index is 0.178. The first-order valence-electron chi connectivity index (χ1n) is 10.2. The molecule has 0 fully saturated rings. The van der Waals surface area contributed by atoms with Gasteiger partial charge in [0.15, 0.2) is 6.61 Å². The highest BCUT2D eigenvalue weighted by atomic mass is 79.9. The van der Waals surface area contributed by atoms with Gasteiger partial charge in [0.05, 0.1) is 12.1 Å². The van der Waals surface area contributed by atoms with Crippen molar-refractivity contribution in [1.82, 2.24) is 10.2 Å². The molecular formula is C23H28BrClN2O4. The number of hydrogen-bond acceptors (Lipinski definition) is 4. The molecule has 0 aliphatic carbocycles. The molecule has 0 saturated carbocycles. The first-order valence-corrected chi connectivity index (χ1v) is 11.3. The second-order valence-corrected chi connectivity index (χ2v) is 8.27. The standard InChI is InChI=1S/C23H28BrClN2O4/c1-4-11-26-23(29)20(5-2)27(14-16-7-6-8-18(12-16)30-3)22(28)15-31-21-10-9-17(24)13-19(21)25/h6-10,12-13,20H,4-5,11,14-15H2,1-3H3,(H,26,29)/t20-/m1/s1. The predicted molar refractivity (Wildman–Crippen MR) is 126 cm³/mol. The number of nitrogens with zero attached hydrogens (tertiary/aromatic N) is 1. The van der Waals surface area contributed by atoms with Gasteiger partial charge in [0.25, 0.3) is 5.91 Å². The van der Waals surface area contributed by atoms with Crippen LogP contribution in [0.1, 0.15) is 32.3 Å². The van der Waals surface area contributed by atoms with Gasteiger partial charge in [-0.15, -0.1) is 0 Å². The number of carbonyl (C=O) groups excluding carboxylic acids is 2. The average Bonchev–Trinajstić information content (AvgIpc) is 2.76. The van der Waals surface area contributed by atoms with Gasteiger partial charge in [0.1, 0.15) is 17.5 Å². The van der Waals surface area contributed by atoms with Crippen molar-refractivity contribution in [2.24, 2.45) is 0 Å². The highest BCUT2D eigenvalue weighted by Crippen LogP contribution is 2.28. The first-order chi connectivity index (χ1) is 14.9. The van der Waals surface area contributed by atoms with E-state index in [0.717, 1.165) is 16.5 Å². The van der Waals surface area contributed by atoms with Crippen LogP contribution in [0.15, 0.2) is 46.9 Å². The van der Waals surface area contributed by atoms with E-state index in [0.29, 0.717) is 29.5 Å². The highest BCUT2D eigenvalue weighted by molar-refractivity contribution is 9.10. The summed E-state index contributed by atoms with van der Waals surface area (Å²) in [7, 11) is 1.59. The summed E-state index contributed by atoms with van der Waals surface area (Å²) in [5, 5.41) is 3.29. The summed E-state index contributed by atoms with van der Waals surface area (Å²) in [6.07, 6.45) is 1.29. The van der Waals surface area contributed by atoms with Crippen LogP contribution in [0.25, 0.3) is 0 Å². The Morgan fingerprint density at radius 1 is 1.19 bits per heavy atom. The lowest BCUT2D eigenvalue weighted by atomic mass is 10.1. The summed E-state index contributed by atoms with van der Waals surface area (Å²) in [4.78, 5) is 27.5. The Balaban J connectivity index is 2.23. The summed E-state index contributed by atoms with van der Waals surface area (Å²) in [6, 6.07) is 12.0. The molecule has 2 rings (SSSR count). The summed E-state index contributed by atoms with van der Waals surface area (Å²) >= 11 is 9.54. The van der Waals surface area contributed by atoms with E-state index in [1.54, 1.807) is 30.2 Å². The van der Waals surface area contributed by atoms with Gasteiger partial charge >= 0.3 is 0 Å². The Hall–Kier alpha value is -2.25. The quantitative estimate of drug-likeness (QED) is 0.469. The van der Waals surface area contributed by atoms with Crippen molar-refractivity contribution in [3.8, 4) is 11.5 Å². The second-order valence-electron chi connectivity index (χ2n) is 6.95. The number of halogens is 2. The number of amides is 2. The molecule has 2 aromatic rings. The molecule has 168 valence electrons. The topological polar surface area (TPSA) is 67.9 Å². The van der Waals surface area contributed by atoms with Gasteiger partial charge in [0.2, 0.25) is 5.91 Å². The molecule has 0 spiro atoms. The van der Waals surface area contributed by atoms with Crippen molar-refractivity contribution in [3.63, 3.8) is 0 Å². The number of benzene rings is 2. The van der Waals surface area contributed by atoms with Crippen molar-refractivity contribution in [3.05, 3.63) is 57.5 Å². The van der Waals surface area contributed by atoms with E-state index in [1.807, 2.05) is 38.1 Å². The summed E-state index contributed by atoms with van der Waals surface area (Å²) in [6.45, 7) is 4.45. The third-order valence-corrected chi connectivity index (χ3v) is 5.46. The van der Waals surface area contributed by atoms with E-state index in [-0.39, 0.29) is 25.0 Å². The van der Waals surface area contributed by atoms with Crippen LogP contribution in [-0.2, 0) is 16.1 Å². The van der Waals surface area contributed by atoms with Gasteiger partial charge in [-0.25, -0.2) is 0 Å². The minimum Gasteiger partial charge on any atom is -0.497 e. The molecule has 6 nitrogen and oxygen atoms in total. The molecule has 0 aromatic heterocycles. The third-order valence-electron chi connectivity index (χ3n) is 4.67. The molecule has 0 aliphatic heterocycles. The maximum absolute atomic E-state index is 13.2. The second kappa shape index (κ2) is 12.6. The van der Waals surface area contributed by atoms with Gasteiger partial charge in [-0.05, 0) is 48.7 Å². The van der Waals surface area contributed by atoms with Crippen molar-refractivity contribution in [1.29, 1.82) is 0 Å². The minimum atomic E-state index is -0.616. The van der Waals surface area contributed by atoms with Crippen LogP contribution < -0.4 is 14.8 Å². The van der Waals surface area contributed by atoms with Crippen molar-refractivity contribution < 1.29 is 19.1 Å². The van der Waals surface area contributed by atoms with E-state index in [2.05, 4.69) is 21.2 Å². The molecule has 31 heavy (non-hydrogen) atoms. The molecule has 0 heterocycles. The number of carbonyl (C=O) groups is 2. The molecule has 0 unspecified atom stereocenters. The SMILES string of the molecule is CCCNC(=O)[C@@H](CC)N(Cc1cccc(OC)c1)C(=O)COc1ccc(Br)cc1Cl. The largest absolute Gasteiger partial charge is 0.497 e. The Bertz CT molecular complexity index is 894. The first kappa shape index (κ1) is 25.0. The fourth-order valence-corrected chi connectivity index (χ4v) is 3.80. The van der Waals surface area contributed by atoms with E-state index >= 15 is 0 Å². The van der Waals surface area contributed by atoms with Crippen molar-refractivity contribution in [2.45, 2.75) is 39.3 Å². The van der Waals surface area contributed by atoms with Crippen LogP contribution in [-0.4, -0.2) is 43.0 Å². The van der Waals surface area contributed by atoms with Crippen LogP contribution in [0.5, 0.6) is 11.5 Å². The lowest BCUT2D eigenvalue weighted by molar-refractivity contribution is -0.143. The van der Waals surface area contributed by atoms with Gasteiger partial charge in [0, 0.05) is 17.6 Å². The maximum atomic E-state index is 13.2. The molecule has 0 bridgehead atoms. The Labute approximate surface area is 197 Å². The molecule has 0 saturated heterocycles. The van der Waals surface area contributed by atoms with Crippen LogP contribution in [0.3, 0.4) is 0 Å². The zero-order chi connectivity index (χ0) is 22.8. The lowest BCUT2D eigenvalue weighted by Crippen LogP contribution is -2.50. The number of hydrogen-bond donors (Lipinski definition) is 1. The molecular weight excluding hydrogens is 484 g/mol. The van der Waals surface area contributed by atoms with Gasteiger partial charge in [-0.3, -0.25) is 9.59 Å². The number of ether oxygens (including phenoxy) is 2. The molecule has 0 radical (unpaired) electrons. The van der Waals surface area contributed by atoms with Crippen LogP contribution in [0, 0.1) is 0 Å². The normalized spacial score (nSPS) is 11.5. The Morgan fingerprint density at radius 3 is 2.61 bits per heavy atom. The van der Waals surface area contributed by atoms with E-state index in [1.165, 1.54) is 0 Å². The molecule has 1 atom stereocenters. The van der Waals surface area contributed by atoms with Crippen LogP contribution in [0.2, 0.25) is 5.02 Å². The number of nitrogens with one attached hydrogen (secondary N) is 1. The predicted octanol–water partition coefficient (Wildman–Crippen LogP) is 4.82. The van der Waals surface area contributed by atoms with E-state index < -0.39 is 6.04 Å². The molecule has 8 heteroatoms. The maximum Gasteiger partial charge on any atom is 0.261 e. The average molecular weight is 512 g/mol. The fraction of sp³-hybridized carbons (Fsp3) is 0.391. The van der Waals surface area contributed by atoms with Crippen molar-refractivity contribution in [2.75, 3.05) is 20.3 Å².